The Kier molecular flexibility index (Phi) is 4.27. The van der Waals surface area contributed by atoms with Crippen LogP contribution in [0.4, 0.5) is 11.5 Å². The highest BCUT2D eigenvalue weighted by atomic mass is 35.5. The molecule has 5 heteroatoms. The Morgan fingerprint density at radius 2 is 2.14 bits per heavy atom. The molecule has 2 heterocycles. The van der Waals surface area contributed by atoms with Crippen molar-refractivity contribution in [3.05, 3.63) is 53.2 Å². The first-order valence-electron chi connectivity index (χ1n) is 7.14. The number of nitrogens with one attached hydrogen (secondary N) is 1. The van der Waals surface area contributed by atoms with E-state index in [1.165, 1.54) is 5.56 Å². The second-order valence-electron chi connectivity index (χ2n) is 5.45. The van der Waals surface area contributed by atoms with E-state index in [4.69, 9.17) is 17.3 Å². The number of aromatic nitrogens is 1. The first kappa shape index (κ1) is 14.2. The van der Waals surface area contributed by atoms with Crippen LogP contribution in [-0.2, 0) is 6.54 Å². The smallest absolute Gasteiger partial charge is 0.145 e. The van der Waals surface area contributed by atoms with Gasteiger partial charge in [0.2, 0.25) is 0 Å². The summed E-state index contributed by atoms with van der Waals surface area (Å²) in [6, 6.07) is 12.7. The van der Waals surface area contributed by atoms with Crippen molar-refractivity contribution in [3.63, 3.8) is 0 Å². The summed E-state index contributed by atoms with van der Waals surface area (Å²) in [4.78, 5) is 6.71. The van der Waals surface area contributed by atoms with Crippen molar-refractivity contribution in [2.24, 2.45) is 0 Å². The van der Waals surface area contributed by atoms with Gasteiger partial charge in [-0.2, -0.15) is 0 Å². The van der Waals surface area contributed by atoms with Gasteiger partial charge in [0.1, 0.15) is 5.82 Å². The minimum atomic E-state index is 0.377. The maximum absolute atomic E-state index is 6.16. The van der Waals surface area contributed by atoms with Crippen molar-refractivity contribution >= 4 is 23.1 Å². The zero-order chi connectivity index (χ0) is 14.7. The second kappa shape index (κ2) is 6.33. The Morgan fingerprint density at radius 1 is 1.33 bits per heavy atom. The number of nitrogens with zero attached hydrogens (tertiary/aromatic N) is 2. The van der Waals surface area contributed by atoms with Gasteiger partial charge < -0.3 is 11.1 Å². The van der Waals surface area contributed by atoms with E-state index >= 15 is 0 Å². The standard InChI is InChI=1S/C16H19ClN4/c17-15-8-13(18)9-19-16(15)20-14-6-7-21(11-14)10-12-4-2-1-3-5-12/h1-5,8-9,14H,6-7,10-11,18H2,(H,19,20). The molecule has 1 atom stereocenters. The maximum atomic E-state index is 6.16. The maximum Gasteiger partial charge on any atom is 0.145 e. The molecule has 1 aliphatic rings. The zero-order valence-corrected chi connectivity index (χ0v) is 12.6. The summed E-state index contributed by atoms with van der Waals surface area (Å²) in [5.74, 6) is 0.720. The Balaban J connectivity index is 1.57. The summed E-state index contributed by atoms with van der Waals surface area (Å²) in [6.07, 6.45) is 2.72. The lowest BCUT2D eigenvalue weighted by Crippen LogP contribution is -2.26. The average Bonchev–Trinajstić information content (AvgIpc) is 2.90. The van der Waals surface area contributed by atoms with Gasteiger partial charge >= 0.3 is 0 Å². The van der Waals surface area contributed by atoms with Gasteiger partial charge in [0.15, 0.2) is 0 Å². The molecule has 2 aromatic rings. The third kappa shape index (κ3) is 3.65. The second-order valence-corrected chi connectivity index (χ2v) is 5.86. The molecule has 0 radical (unpaired) electrons. The zero-order valence-electron chi connectivity index (χ0n) is 11.8. The molecule has 21 heavy (non-hydrogen) atoms. The fraction of sp³-hybridized carbons (Fsp3) is 0.312. The Morgan fingerprint density at radius 3 is 2.90 bits per heavy atom. The normalized spacial score (nSPS) is 18.8. The monoisotopic (exact) mass is 302 g/mol. The molecule has 1 aromatic heterocycles. The molecule has 4 nitrogen and oxygen atoms in total. The minimum absolute atomic E-state index is 0.377. The number of hydrogen-bond acceptors (Lipinski definition) is 4. The van der Waals surface area contributed by atoms with E-state index in [1.54, 1.807) is 12.3 Å². The van der Waals surface area contributed by atoms with E-state index in [0.717, 1.165) is 31.9 Å². The molecular weight excluding hydrogens is 284 g/mol. The number of pyridine rings is 1. The Bertz CT molecular complexity index is 602. The van der Waals surface area contributed by atoms with Crippen LogP contribution in [0, 0.1) is 0 Å². The molecule has 1 unspecified atom stereocenters. The first-order chi connectivity index (χ1) is 10.2. The van der Waals surface area contributed by atoms with Crippen LogP contribution in [0.1, 0.15) is 12.0 Å². The van der Waals surface area contributed by atoms with E-state index in [2.05, 4.69) is 39.5 Å². The van der Waals surface area contributed by atoms with Gasteiger partial charge in [-0.25, -0.2) is 4.98 Å². The summed E-state index contributed by atoms with van der Waals surface area (Å²) in [6.45, 7) is 3.07. The lowest BCUT2D eigenvalue weighted by molar-refractivity contribution is 0.328. The highest BCUT2D eigenvalue weighted by Crippen LogP contribution is 2.24. The predicted molar refractivity (Wildman–Crippen MR) is 87.4 cm³/mol. The van der Waals surface area contributed by atoms with E-state index in [-0.39, 0.29) is 0 Å². The third-order valence-corrected chi connectivity index (χ3v) is 4.01. The van der Waals surface area contributed by atoms with Gasteiger partial charge in [-0.15, -0.1) is 0 Å². The number of anilines is 2. The summed E-state index contributed by atoms with van der Waals surface area (Å²) in [7, 11) is 0. The molecule has 3 rings (SSSR count). The van der Waals surface area contributed by atoms with Crippen LogP contribution in [0.5, 0.6) is 0 Å². The molecule has 1 saturated heterocycles. The molecule has 0 aliphatic carbocycles. The van der Waals surface area contributed by atoms with Crippen molar-refractivity contribution in [1.29, 1.82) is 0 Å². The van der Waals surface area contributed by atoms with Gasteiger partial charge in [-0.3, -0.25) is 4.90 Å². The Hall–Kier alpha value is -1.78. The number of nitrogen functional groups attached to an aromatic ring is 1. The van der Waals surface area contributed by atoms with Crippen LogP contribution in [-0.4, -0.2) is 29.0 Å². The van der Waals surface area contributed by atoms with Crippen molar-refractivity contribution in [2.75, 3.05) is 24.1 Å². The van der Waals surface area contributed by atoms with Crippen molar-refractivity contribution in [1.82, 2.24) is 9.88 Å². The number of rotatable bonds is 4. The lowest BCUT2D eigenvalue weighted by Gasteiger charge is -2.17. The largest absolute Gasteiger partial charge is 0.397 e. The van der Waals surface area contributed by atoms with Gasteiger partial charge in [-0.1, -0.05) is 41.9 Å². The Labute approximate surface area is 129 Å². The number of halogens is 1. The molecule has 1 aromatic carbocycles. The van der Waals surface area contributed by atoms with Crippen molar-refractivity contribution in [3.8, 4) is 0 Å². The van der Waals surface area contributed by atoms with E-state index < -0.39 is 0 Å². The van der Waals surface area contributed by atoms with E-state index in [1.807, 2.05) is 6.07 Å². The van der Waals surface area contributed by atoms with Crippen molar-refractivity contribution in [2.45, 2.75) is 19.0 Å². The fourth-order valence-electron chi connectivity index (χ4n) is 2.69. The molecular formula is C16H19ClN4. The minimum Gasteiger partial charge on any atom is -0.397 e. The van der Waals surface area contributed by atoms with Crippen LogP contribution >= 0.6 is 11.6 Å². The number of likely N-dealkylation sites (tertiary alicyclic amines) is 1. The fourth-order valence-corrected chi connectivity index (χ4v) is 2.92. The lowest BCUT2D eigenvalue weighted by atomic mass is 10.2. The SMILES string of the molecule is Nc1cnc(NC2CCN(Cc3ccccc3)C2)c(Cl)c1. The molecule has 1 fully saturated rings. The van der Waals surface area contributed by atoms with Crippen LogP contribution in [0.3, 0.4) is 0 Å². The highest BCUT2D eigenvalue weighted by Gasteiger charge is 2.23. The van der Waals surface area contributed by atoms with Gasteiger partial charge in [0, 0.05) is 25.7 Å². The van der Waals surface area contributed by atoms with E-state index in [0.29, 0.717) is 16.8 Å². The molecule has 0 bridgehead atoms. The summed E-state index contributed by atoms with van der Waals surface area (Å²) in [5, 5.41) is 3.99. The van der Waals surface area contributed by atoms with Gasteiger partial charge in [0.25, 0.3) is 0 Å². The third-order valence-electron chi connectivity index (χ3n) is 3.72. The molecule has 0 spiro atoms. The van der Waals surface area contributed by atoms with Crippen molar-refractivity contribution < 1.29 is 0 Å². The quantitative estimate of drug-likeness (QED) is 0.911. The van der Waals surface area contributed by atoms with Crippen LogP contribution < -0.4 is 11.1 Å². The topological polar surface area (TPSA) is 54.2 Å². The number of hydrogen-bond donors (Lipinski definition) is 2. The van der Waals surface area contributed by atoms with Crippen LogP contribution in [0.15, 0.2) is 42.6 Å². The van der Waals surface area contributed by atoms with Gasteiger partial charge in [-0.05, 0) is 18.1 Å². The van der Waals surface area contributed by atoms with E-state index in [9.17, 15) is 0 Å². The molecule has 1 aliphatic heterocycles. The predicted octanol–water partition coefficient (Wildman–Crippen LogP) is 3.00. The van der Waals surface area contributed by atoms with Gasteiger partial charge in [0.05, 0.1) is 16.9 Å². The summed E-state index contributed by atoms with van der Waals surface area (Å²) in [5.41, 5.74) is 7.60. The highest BCUT2D eigenvalue weighted by molar-refractivity contribution is 6.33. The number of nitrogens with two attached hydrogens (primary N) is 1. The molecule has 110 valence electrons. The number of benzene rings is 1. The average molecular weight is 303 g/mol. The molecule has 3 N–H and O–H groups in total. The summed E-state index contributed by atoms with van der Waals surface area (Å²) < 4.78 is 0. The first-order valence-corrected chi connectivity index (χ1v) is 7.52. The molecule has 0 saturated carbocycles. The molecule has 0 amide bonds. The van der Waals surface area contributed by atoms with Crippen LogP contribution in [0.2, 0.25) is 5.02 Å². The summed E-state index contributed by atoms with van der Waals surface area (Å²) >= 11 is 6.16. The van der Waals surface area contributed by atoms with Crippen LogP contribution in [0.25, 0.3) is 0 Å².